The maximum Gasteiger partial charge on any atom is 0.0568 e. The Morgan fingerprint density at radius 3 is 2.33 bits per heavy atom. The molecule has 0 bridgehead atoms. The molecule has 1 aliphatic rings. The average molecular weight is 248 g/mol. The highest BCUT2D eigenvalue weighted by Crippen LogP contribution is 2.24. The number of anilines is 3. The molecular formula is C14H24N4. The van der Waals surface area contributed by atoms with Gasteiger partial charge in [-0.3, -0.25) is 4.90 Å². The van der Waals surface area contributed by atoms with Crippen LogP contribution in [0.5, 0.6) is 0 Å². The van der Waals surface area contributed by atoms with Gasteiger partial charge in [0.05, 0.1) is 11.4 Å². The van der Waals surface area contributed by atoms with E-state index in [1.165, 1.54) is 12.1 Å². The molecule has 100 valence electrons. The minimum atomic E-state index is 0.664. The minimum Gasteiger partial charge on any atom is -0.397 e. The molecule has 1 aromatic carbocycles. The fourth-order valence-electron chi connectivity index (χ4n) is 2.44. The molecule has 1 fully saturated rings. The number of hydrogen-bond acceptors (Lipinski definition) is 4. The van der Waals surface area contributed by atoms with Crippen LogP contribution in [0.2, 0.25) is 0 Å². The van der Waals surface area contributed by atoms with E-state index in [0.29, 0.717) is 17.4 Å². The molecule has 0 radical (unpaired) electrons. The summed E-state index contributed by atoms with van der Waals surface area (Å²) in [7, 11) is 0. The first-order valence-corrected chi connectivity index (χ1v) is 6.75. The number of nitrogens with two attached hydrogens (primary N) is 2. The monoisotopic (exact) mass is 248 g/mol. The molecule has 0 amide bonds. The molecule has 4 N–H and O–H groups in total. The van der Waals surface area contributed by atoms with Crippen molar-refractivity contribution in [1.29, 1.82) is 0 Å². The molecule has 1 unspecified atom stereocenters. The molecule has 1 heterocycles. The van der Waals surface area contributed by atoms with Crippen molar-refractivity contribution in [2.45, 2.75) is 26.3 Å². The molecule has 4 nitrogen and oxygen atoms in total. The molecule has 0 spiro atoms. The molecule has 1 atom stereocenters. The Morgan fingerprint density at radius 1 is 1.11 bits per heavy atom. The molecule has 0 saturated carbocycles. The van der Waals surface area contributed by atoms with Gasteiger partial charge in [-0.25, -0.2) is 0 Å². The van der Waals surface area contributed by atoms with Crippen LogP contribution in [0.1, 0.15) is 20.3 Å². The molecular weight excluding hydrogens is 224 g/mol. The van der Waals surface area contributed by atoms with Crippen molar-refractivity contribution in [3.05, 3.63) is 18.2 Å². The van der Waals surface area contributed by atoms with E-state index >= 15 is 0 Å². The van der Waals surface area contributed by atoms with E-state index in [-0.39, 0.29) is 0 Å². The zero-order chi connectivity index (χ0) is 13.1. The molecule has 1 aliphatic heterocycles. The van der Waals surface area contributed by atoms with Crippen molar-refractivity contribution < 1.29 is 0 Å². The van der Waals surface area contributed by atoms with Gasteiger partial charge in [0.1, 0.15) is 0 Å². The summed E-state index contributed by atoms with van der Waals surface area (Å²) in [6.45, 7) is 8.93. The molecule has 1 aromatic rings. The van der Waals surface area contributed by atoms with Gasteiger partial charge in [0.25, 0.3) is 0 Å². The van der Waals surface area contributed by atoms with E-state index in [1.807, 2.05) is 12.1 Å². The number of piperazine rings is 1. The van der Waals surface area contributed by atoms with E-state index < -0.39 is 0 Å². The van der Waals surface area contributed by atoms with Crippen LogP contribution in [0, 0.1) is 0 Å². The number of nitrogens with zero attached hydrogens (tertiary/aromatic N) is 2. The summed E-state index contributed by atoms with van der Waals surface area (Å²) in [5, 5.41) is 0. The maximum atomic E-state index is 5.86. The van der Waals surface area contributed by atoms with Crippen LogP contribution in [-0.4, -0.2) is 37.1 Å². The predicted molar refractivity (Wildman–Crippen MR) is 78.8 cm³/mol. The number of benzene rings is 1. The highest BCUT2D eigenvalue weighted by atomic mass is 15.3. The van der Waals surface area contributed by atoms with Crippen LogP contribution in [0.15, 0.2) is 18.2 Å². The summed E-state index contributed by atoms with van der Waals surface area (Å²) >= 11 is 0. The molecule has 18 heavy (non-hydrogen) atoms. The van der Waals surface area contributed by atoms with Crippen LogP contribution >= 0.6 is 0 Å². The summed E-state index contributed by atoms with van der Waals surface area (Å²) in [4.78, 5) is 4.94. The Hall–Kier alpha value is -1.42. The second kappa shape index (κ2) is 5.48. The number of hydrogen-bond donors (Lipinski definition) is 2. The van der Waals surface area contributed by atoms with E-state index in [0.717, 1.165) is 26.2 Å². The third-order valence-electron chi connectivity index (χ3n) is 3.96. The summed E-state index contributed by atoms with van der Waals surface area (Å²) in [5.74, 6) is 0. The normalized spacial score (nSPS) is 18.9. The van der Waals surface area contributed by atoms with Crippen LogP contribution in [-0.2, 0) is 0 Å². The first kappa shape index (κ1) is 13.0. The lowest BCUT2D eigenvalue weighted by molar-refractivity contribution is 0.193. The van der Waals surface area contributed by atoms with Gasteiger partial charge < -0.3 is 16.4 Å². The Morgan fingerprint density at radius 2 is 1.78 bits per heavy atom. The van der Waals surface area contributed by atoms with Crippen molar-refractivity contribution in [3.63, 3.8) is 0 Å². The van der Waals surface area contributed by atoms with Gasteiger partial charge in [-0.2, -0.15) is 0 Å². The van der Waals surface area contributed by atoms with Crippen LogP contribution in [0.3, 0.4) is 0 Å². The number of nitrogen functional groups attached to an aromatic ring is 2. The summed E-state index contributed by atoms with van der Waals surface area (Å²) in [6.07, 6.45) is 1.22. The molecule has 2 rings (SSSR count). The molecule has 1 saturated heterocycles. The van der Waals surface area contributed by atoms with E-state index in [2.05, 4.69) is 29.7 Å². The summed E-state index contributed by atoms with van der Waals surface area (Å²) in [6, 6.07) is 6.62. The topological polar surface area (TPSA) is 58.5 Å². The highest BCUT2D eigenvalue weighted by molar-refractivity contribution is 5.69. The molecule has 0 aromatic heterocycles. The van der Waals surface area contributed by atoms with Crippen LogP contribution in [0.25, 0.3) is 0 Å². The first-order valence-electron chi connectivity index (χ1n) is 6.75. The molecule has 4 heteroatoms. The van der Waals surface area contributed by atoms with Crippen LogP contribution < -0.4 is 16.4 Å². The van der Waals surface area contributed by atoms with Crippen molar-refractivity contribution in [1.82, 2.24) is 4.90 Å². The Labute approximate surface area is 110 Å². The third kappa shape index (κ3) is 2.70. The second-order valence-corrected chi connectivity index (χ2v) is 5.09. The van der Waals surface area contributed by atoms with Crippen LogP contribution in [0.4, 0.5) is 17.1 Å². The lowest BCUT2D eigenvalue weighted by Gasteiger charge is -2.39. The third-order valence-corrected chi connectivity index (χ3v) is 3.96. The average Bonchev–Trinajstić information content (AvgIpc) is 2.41. The van der Waals surface area contributed by atoms with Gasteiger partial charge >= 0.3 is 0 Å². The Balaban J connectivity index is 1.99. The zero-order valence-electron chi connectivity index (χ0n) is 11.4. The van der Waals surface area contributed by atoms with E-state index in [1.54, 1.807) is 0 Å². The van der Waals surface area contributed by atoms with Crippen molar-refractivity contribution in [3.8, 4) is 0 Å². The largest absolute Gasteiger partial charge is 0.397 e. The quantitative estimate of drug-likeness (QED) is 0.800. The second-order valence-electron chi connectivity index (χ2n) is 5.09. The van der Waals surface area contributed by atoms with E-state index in [9.17, 15) is 0 Å². The summed E-state index contributed by atoms with van der Waals surface area (Å²) in [5.41, 5.74) is 14.1. The van der Waals surface area contributed by atoms with Gasteiger partial charge in [0.15, 0.2) is 0 Å². The van der Waals surface area contributed by atoms with Gasteiger partial charge in [0.2, 0.25) is 0 Å². The highest BCUT2D eigenvalue weighted by Gasteiger charge is 2.20. The minimum absolute atomic E-state index is 0.664. The SMILES string of the molecule is CCC(C)N1CCN(c2ccc(N)c(N)c2)CC1. The fraction of sp³-hybridized carbons (Fsp3) is 0.571. The Kier molecular flexibility index (Phi) is 3.97. The summed E-state index contributed by atoms with van der Waals surface area (Å²) < 4.78 is 0. The smallest absolute Gasteiger partial charge is 0.0568 e. The first-order chi connectivity index (χ1) is 8.61. The lowest BCUT2D eigenvalue weighted by atomic mass is 10.1. The van der Waals surface area contributed by atoms with Gasteiger partial charge in [-0.05, 0) is 31.5 Å². The van der Waals surface area contributed by atoms with Gasteiger partial charge in [-0.15, -0.1) is 0 Å². The molecule has 0 aliphatic carbocycles. The van der Waals surface area contributed by atoms with Crippen molar-refractivity contribution in [2.24, 2.45) is 0 Å². The van der Waals surface area contributed by atoms with Crippen molar-refractivity contribution in [2.75, 3.05) is 42.5 Å². The van der Waals surface area contributed by atoms with Crippen molar-refractivity contribution >= 4 is 17.1 Å². The van der Waals surface area contributed by atoms with Gasteiger partial charge in [-0.1, -0.05) is 6.92 Å². The van der Waals surface area contributed by atoms with Gasteiger partial charge in [0, 0.05) is 37.9 Å². The zero-order valence-corrected chi connectivity index (χ0v) is 11.4. The predicted octanol–water partition coefficient (Wildman–Crippen LogP) is 1.77. The standard InChI is InChI=1S/C14H24N4/c1-3-11(2)17-6-8-18(9-7-17)12-4-5-13(15)14(16)10-12/h4-5,10-11H,3,6-9,15-16H2,1-2H3. The lowest BCUT2D eigenvalue weighted by Crippen LogP contribution is -2.49. The van der Waals surface area contributed by atoms with E-state index in [4.69, 9.17) is 11.5 Å². The Bertz CT molecular complexity index is 397. The fourth-order valence-corrected chi connectivity index (χ4v) is 2.44. The maximum absolute atomic E-state index is 5.86. The number of rotatable bonds is 3.